The summed E-state index contributed by atoms with van der Waals surface area (Å²) in [5.41, 5.74) is 0.973. The summed E-state index contributed by atoms with van der Waals surface area (Å²) in [5, 5.41) is 8.35. The molecule has 1 saturated heterocycles. The highest BCUT2D eigenvalue weighted by atomic mass is 32.1. The van der Waals surface area contributed by atoms with Crippen LogP contribution in [-0.2, 0) is 4.79 Å². The zero-order chi connectivity index (χ0) is 12.7. The molecule has 18 heavy (non-hydrogen) atoms. The normalized spacial score (nSPS) is 21.1. The van der Waals surface area contributed by atoms with Crippen LogP contribution in [0.15, 0.2) is 6.20 Å². The molecule has 1 fully saturated rings. The molecule has 3 rings (SSSR count). The first kappa shape index (κ1) is 11.5. The van der Waals surface area contributed by atoms with Gasteiger partial charge in [-0.05, 0) is 13.8 Å². The van der Waals surface area contributed by atoms with Gasteiger partial charge in [0.05, 0.1) is 11.9 Å². The van der Waals surface area contributed by atoms with Gasteiger partial charge in [-0.15, -0.1) is 5.10 Å². The minimum atomic E-state index is 0.113. The minimum absolute atomic E-state index is 0.113. The predicted molar refractivity (Wildman–Crippen MR) is 70.0 cm³/mol. The maximum atomic E-state index is 11.5. The fourth-order valence-corrected chi connectivity index (χ4v) is 3.24. The van der Waals surface area contributed by atoms with Gasteiger partial charge in [-0.25, -0.2) is 9.50 Å². The zero-order valence-corrected chi connectivity index (χ0v) is 11.2. The minimum Gasteiger partial charge on any atom is -0.354 e. The summed E-state index contributed by atoms with van der Waals surface area (Å²) in [7, 11) is 0. The SMILES string of the molecule is Cc1cn2nc(N3CCNC(=O)C[C@H]3C)sc2n1. The largest absolute Gasteiger partial charge is 0.354 e. The van der Waals surface area contributed by atoms with E-state index >= 15 is 0 Å². The molecule has 1 aliphatic heterocycles. The molecule has 2 aromatic heterocycles. The molecule has 0 saturated carbocycles. The highest BCUT2D eigenvalue weighted by Gasteiger charge is 2.24. The van der Waals surface area contributed by atoms with E-state index in [2.05, 4.69) is 27.2 Å². The second kappa shape index (κ2) is 4.24. The van der Waals surface area contributed by atoms with Crippen LogP contribution in [0.2, 0.25) is 0 Å². The number of imidazole rings is 1. The van der Waals surface area contributed by atoms with Crippen molar-refractivity contribution in [3.8, 4) is 0 Å². The molecule has 2 aromatic rings. The van der Waals surface area contributed by atoms with E-state index in [4.69, 9.17) is 0 Å². The van der Waals surface area contributed by atoms with Gasteiger partial charge in [0, 0.05) is 25.6 Å². The number of hydrogen-bond donors (Lipinski definition) is 1. The number of carbonyl (C=O) groups excluding carboxylic acids is 1. The Morgan fingerprint density at radius 3 is 3.17 bits per heavy atom. The third-order valence-corrected chi connectivity index (χ3v) is 4.05. The Hall–Kier alpha value is -1.63. The molecule has 0 spiro atoms. The monoisotopic (exact) mass is 265 g/mol. The first-order chi connectivity index (χ1) is 8.63. The second-order valence-electron chi connectivity index (χ2n) is 4.59. The Labute approximate surface area is 109 Å². The van der Waals surface area contributed by atoms with E-state index in [1.54, 1.807) is 11.3 Å². The fourth-order valence-electron chi connectivity index (χ4n) is 2.19. The van der Waals surface area contributed by atoms with Crippen LogP contribution >= 0.6 is 11.3 Å². The van der Waals surface area contributed by atoms with E-state index in [9.17, 15) is 4.79 Å². The number of nitrogens with one attached hydrogen (secondary N) is 1. The van der Waals surface area contributed by atoms with Gasteiger partial charge in [0.1, 0.15) is 0 Å². The molecule has 6 nitrogen and oxygen atoms in total. The summed E-state index contributed by atoms with van der Waals surface area (Å²) in [4.78, 5) is 18.9. The van der Waals surface area contributed by atoms with Gasteiger partial charge in [-0.2, -0.15) is 0 Å². The van der Waals surface area contributed by atoms with E-state index < -0.39 is 0 Å². The van der Waals surface area contributed by atoms with Gasteiger partial charge in [-0.3, -0.25) is 4.79 Å². The Bertz CT molecular complexity index is 558. The zero-order valence-electron chi connectivity index (χ0n) is 10.4. The molecule has 96 valence electrons. The van der Waals surface area contributed by atoms with Crippen molar-refractivity contribution < 1.29 is 4.79 Å². The van der Waals surface area contributed by atoms with Crippen molar-refractivity contribution >= 4 is 27.3 Å². The Morgan fingerprint density at radius 2 is 2.39 bits per heavy atom. The van der Waals surface area contributed by atoms with Crippen LogP contribution in [0.3, 0.4) is 0 Å². The molecule has 0 bridgehead atoms. The lowest BCUT2D eigenvalue weighted by Crippen LogP contribution is -2.34. The first-order valence-electron chi connectivity index (χ1n) is 5.99. The van der Waals surface area contributed by atoms with Gasteiger partial charge < -0.3 is 10.2 Å². The molecular formula is C11H15N5OS. The quantitative estimate of drug-likeness (QED) is 0.829. The standard InChI is InChI=1S/C11H15N5OS/c1-7-6-16-10(13-7)18-11(14-16)15-4-3-12-9(17)5-8(15)2/h6,8H,3-5H2,1-2H3,(H,12,17)/t8-/m1/s1. The number of amides is 1. The summed E-state index contributed by atoms with van der Waals surface area (Å²) < 4.78 is 1.81. The van der Waals surface area contributed by atoms with Crippen LogP contribution in [0.4, 0.5) is 5.13 Å². The lowest BCUT2D eigenvalue weighted by Gasteiger charge is -2.24. The second-order valence-corrected chi connectivity index (χ2v) is 5.52. The van der Waals surface area contributed by atoms with Crippen molar-refractivity contribution in [2.75, 3.05) is 18.0 Å². The molecule has 0 aliphatic carbocycles. The Kier molecular flexibility index (Phi) is 2.70. The van der Waals surface area contributed by atoms with Crippen molar-refractivity contribution in [3.63, 3.8) is 0 Å². The van der Waals surface area contributed by atoms with E-state index in [0.717, 1.165) is 22.3 Å². The predicted octanol–water partition coefficient (Wildman–Crippen LogP) is 0.814. The van der Waals surface area contributed by atoms with Gasteiger partial charge in [-0.1, -0.05) is 11.3 Å². The van der Waals surface area contributed by atoms with Crippen molar-refractivity contribution in [1.82, 2.24) is 19.9 Å². The highest BCUT2D eigenvalue weighted by Crippen LogP contribution is 2.25. The molecular weight excluding hydrogens is 250 g/mol. The first-order valence-corrected chi connectivity index (χ1v) is 6.81. The summed E-state index contributed by atoms with van der Waals surface area (Å²) in [6.07, 6.45) is 2.43. The number of aromatic nitrogens is 3. The molecule has 1 aliphatic rings. The van der Waals surface area contributed by atoms with Gasteiger partial charge >= 0.3 is 0 Å². The number of carbonyl (C=O) groups is 1. The number of rotatable bonds is 1. The van der Waals surface area contributed by atoms with Crippen LogP contribution < -0.4 is 10.2 Å². The van der Waals surface area contributed by atoms with Gasteiger partial charge in [0.2, 0.25) is 16.0 Å². The van der Waals surface area contributed by atoms with Crippen molar-refractivity contribution in [2.45, 2.75) is 26.3 Å². The maximum Gasteiger partial charge on any atom is 0.222 e. The van der Waals surface area contributed by atoms with E-state index in [1.807, 2.05) is 17.6 Å². The molecule has 3 heterocycles. The summed E-state index contributed by atoms with van der Waals surface area (Å²) in [6.45, 7) is 5.48. The third-order valence-electron chi connectivity index (χ3n) is 3.09. The summed E-state index contributed by atoms with van der Waals surface area (Å²) >= 11 is 1.57. The van der Waals surface area contributed by atoms with Crippen molar-refractivity contribution in [3.05, 3.63) is 11.9 Å². The molecule has 1 atom stereocenters. The fraction of sp³-hybridized carbons (Fsp3) is 0.545. The average Bonchev–Trinajstić information content (AvgIpc) is 2.75. The lowest BCUT2D eigenvalue weighted by atomic mass is 10.2. The van der Waals surface area contributed by atoms with Gasteiger partial charge in [0.25, 0.3) is 0 Å². The number of fused-ring (bicyclic) bond motifs is 1. The molecule has 7 heteroatoms. The van der Waals surface area contributed by atoms with E-state index in [-0.39, 0.29) is 11.9 Å². The summed E-state index contributed by atoms with van der Waals surface area (Å²) in [6, 6.07) is 0.171. The Morgan fingerprint density at radius 1 is 1.56 bits per heavy atom. The van der Waals surface area contributed by atoms with Crippen LogP contribution in [-0.4, -0.2) is 39.6 Å². The van der Waals surface area contributed by atoms with Crippen LogP contribution in [0.5, 0.6) is 0 Å². The lowest BCUT2D eigenvalue weighted by molar-refractivity contribution is -0.120. The average molecular weight is 265 g/mol. The Balaban J connectivity index is 1.92. The molecule has 1 amide bonds. The van der Waals surface area contributed by atoms with Crippen LogP contribution in [0.25, 0.3) is 4.96 Å². The van der Waals surface area contributed by atoms with Crippen LogP contribution in [0, 0.1) is 6.92 Å². The summed E-state index contributed by atoms with van der Waals surface area (Å²) in [5.74, 6) is 0.113. The number of aryl methyl sites for hydroxylation is 1. The van der Waals surface area contributed by atoms with E-state index in [0.29, 0.717) is 13.0 Å². The topological polar surface area (TPSA) is 62.5 Å². The highest BCUT2D eigenvalue weighted by molar-refractivity contribution is 7.20. The molecule has 0 unspecified atom stereocenters. The number of hydrogen-bond acceptors (Lipinski definition) is 5. The van der Waals surface area contributed by atoms with Crippen molar-refractivity contribution in [2.24, 2.45) is 0 Å². The third kappa shape index (κ3) is 1.94. The maximum absolute atomic E-state index is 11.5. The number of anilines is 1. The smallest absolute Gasteiger partial charge is 0.222 e. The van der Waals surface area contributed by atoms with Crippen molar-refractivity contribution in [1.29, 1.82) is 0 Å². The van der Waals surface area contributed by atoms with Crippen LogP contribution in [0.1, 0.15) is 19.0 Å². The molecule has 1 N–H and O–H groups in total. The van der Waals surface area contributed by atoms with E-state index in [1.165, 1.54) is 0 Å². The molecule has 0 aromatic carbocycles. The number of nitrogens with zero attached hydrogens (tertiary/aromatic N) is 4. The van der Waals surface area contributed by atoms with Gasteiger partial charge in [0.15, 0.2) is 0 Å². The molecule has 0 radical (unpaired) electrons.